The quantitative estimate of drug-likeness (QED) is 0.592. The Hall–Kier alpha value is -3.02. The first kappa shape index (κ1) is 19.7. The summed E-state index contributed by atoms with van der Waals surface area (Å²) in [5.74, 6) is 0.919. The van der Waals surface area contributed by atoms with Crippen LogP contribution in [0.3, 0.4) is 0 Å². The topological polar surface area (TPSA) is 76.7 Å². The zero-order valence-electron chi connectivity index (χ0n) is 16.2. The average Bonchev–Trinajstić information content (AvgIpc) is 2.66. The summed E-state index contributed by atoms with van der Waals surface area (Å²) < 4.78 is 11.0. The lowest BCUT2D eigenvalue weighted by Gasteiger charge is -2.29. The lowest BCUT2D eigenvalue weighted by Crippen LogP contribution is -2.41. The number of nitrogens with one attached hydrogen (secondary N) is 2. The maximum absolute atomic E-state index is 12.2. The smallest absolute Gasteiger partial charge is 0.319 e. The number of anilines is 1. The number of rotatable bonds is 5. The van der Waals surface area contributed by atoms with Crippen LogP contribution in [0.1, 0.15) is 38.2 Å². The van der Waals surface area contributed by atoms with Gasteiger partial charge in [0.15, 0.2) is 0 Å². The SMILES string of the molecule is CC(=O)Oc1ccc(OC2CCC(NC(=O)Nc3ccc(C)cc3)CC2)cc1. The number of hydrogen-bond acceptors (Lipinski definition) is 4. The van der Waals surface area contributed by atoms with Crippen LogP contribution in [0, 0.1) is 6.92 Å². The summed E-state index contributed by atoms with van der Waals surface area (Å²) in [4.78, 5) is 23.1. The third kappa shape index (κ3) is 6.01. The van der Waals surface area contributed by atoms with E-state index in [-0.39, 0.29) is 24.1 Å². The Balaban J connectivity index is 1.41. The van der Waals surface area contributed by atoms with Crippen molar-refractivity contribution in [1.29, 1.82) is 0 Å². The van der Waals surface area contributed by atoms with Gasteiger partial charge in [0.1, 0.15) is 11.5 Å². The van der Waals surface area contributed by atoms with Gasteiger partial charge in [0, 0.05) is 18.7 Å². The van der Waals surface area contributed by atoms with Crippen LogP contribution in [0.2, 0.25) is 0 Å². The third-order valence-corrected chi connectivity index (χ3v) is 4.71. The van der Waals surface area contributed by atoms with Gasteiger partial charge in [-0.05, 0) is 69.0 Å². The van der Waals surface area contributed by atoms with Crippen LogP contribution in [0.15, 0.2) is 48.5 Å². The van der Waals surface area contributed by atoms with Crippen molar-refractivity contribution in [2.24, 2.45) is 0 Å². The molecule has 6 heteroatoms. The molecule has 2 amide bonds. The second kappa shape index (κ2) is 9.26. The normalized spacial score (nSPS) is 18.8. The van der Waals surface area contributed by atoms with E-state index in [9.17, 15) is 9.59 Å². The highest BCUT2D eigenvalue weighted by atomic mass is 16.5. The minimum absolute atomic E-state index is 0.123. The molecule has 28 heavy (non-hydrogen) atoms. The Labute approximate surface area is 165 Å². The van der Waals surface area contributed by atoms with Crippen LogP contribution in [-0.4, -0.2) is 24.1 Å². The summed E-state index contributed by atoms with van der Waals surface area (Å²) in [5.41, 5.74) is 1.95. The molecular formula is C22H26N2O4. The molecule has 0 aromatic heterocycles. The van der Waals surface area contributed by atoms with E-state index in [1.54, 1.807) is 24.3 Å². The second-order valence-corrected chi connectivity index (χ2v) is 7.12. The number of hydrogen-bond donors (Lipinski definition) is 2. The van der Waals surface area contributed by atoms with E-state index in [4.69, 9.17) is 9.47 Å². The van der Waals surface area contributed by atoms with Gasteiger partial charge in [0.2, 0.25) is 0 Å². The Morgan fingerprint density at radius 1 is 0.893 bits per heavy atom. The number of carbonyl (C=O) groups excluding carboxylic acids is 2. The van der Waals surface area contributed by atoms with Gasteiger partial charge in [0.25, 0.3) is 0 Å². The summed E-state index contributed by atoms with van der Waals surface area (Å²) in [6.07, 6.45) is 3.62. The molecule has 2 aromatic carbocycles. The molecule has 2 N–H and O–H groups in total. The monoisotopic (exact) mass is 382 g/mol. The Bertz CT molecular complexity index is 794. The molecule has 0 bridgehead atoms. The zero-order valence-corrected chi connectivity index (χ0v) is 16.2. The molecular weight excluding hydrogens is 356 g/mol. The molecule has 0 atom stereocenters. The summed E-state index contributed by atoms with van der Waals surface area (Å²) in [5, 5.41) is 5.91. The third-order valence-electron chi connectivity index (χ3n) is 4.71. The summed E-state index contributed by atoms with van der Waals surface area (Å²) in [6.45, 7) is 3.39. The van der Waals surface area contributed by atoms with Gasteiger partial charge in [0.05, 0.1) is 6.10 Å². The van der Waals surface area contributed by atoms with Crippen LogP contribution in [0.25, 0.3) is 0 Å². The van der Waals surface area contributed by atoms with E-state index in [1.807, 2.05) is 31.2 Å². The first-order valence-corrected chi connectivity index (χ1v) is 9.57. The molecule has 0 heterocycles. The molecule has 1 aliphatic rings. The number of esters is 1. The van der Waals surface area contributed by atoms with E-state index in [0.29, 0.717) is 5.75 Å². The van der Waals surface area contributed by atoms with Crippen LogP contribution < -0.4 is 20.1 Å². The minimum Gasteiger partial charge on any atom is -0.490 e. The number of urea groups is 1. The van der Waals surface area contributed by atoms with Crippen LogP contribution in [-0.2, 0) is 4.79 Å². The minimum atomic E-state index is -0.342. The zero-order chi connectivity index (χ0) is 19.9. The van der Waals surface area contributed by atoms with Crippen LogP contribution in [0.5, 0.6) is 11.5 Å². The van der Waals surface area contributed by atoms with Gasteiger partial charge in [-0.1, -0.05) is 17.7 Å². The summed E-state index contributed by atoms with van der Waals surface area (Å²) in [6, 6.07) is 14.8. The average molecular weight is 382 g/mol. The van der Waals surface area contributed by atoms with Crippen molar-refractivity contribution in [3.63, 3.8) is 0 Å². The van der Waals surface area contributed by atoms with Crippen LogP contribution >= 0.6 is 0 Å². The molecule has 1 fully saturated rings. The highest BCUT2D eigenvalue weighted by Gasteiger charge is 2.23. The van der Waals surface area contributed by atoms with Gasteiger partial charge in [-0.25, -0.2) is 4.79 Å². The standard InChI is InChI=1S/C22H26N2O4/c1-15-3-5-17(6-4-15)23-22(26)24-18-7-9-20(10-8-18)28-21-13-11-19(12-14-21)27-16(2)25/h3-6,11-14,18,20H,7-10H2,1-2H3,(H2,23,24,26). The molecule has 3 rings (SSSR count). The van der Waals surface area contributed by atoms with Gasteiger partial charge in [-0.2, -0.15) is 0 Å². The predicted octanol–water partition coefficient (Wildman–Crippen LogP) is 4.43. The van der Waals surface area contributed by atoms with Gasteiger partial charge < -0.3 is 20.1 Å². The first-order chi connectivity index (χ1) is 13.5. The Morgan fingerprint density at radius 3 is 2.11 bits per heavy atom. The molecule has 0 unspecified atom stereocenters. The van der Waals surface area contributed by atoms with E-state index >= 15 is 0 Å². The molecule has 1 saturated carbocycles. The molecule has 2 aromatic rings. The number of carbonyl (C=O) groups is 2. The van der Waals surface area contributed by atoms with E-state index in [0.717, 1.165) is 42.7 Å². The van der Waals surface area contributed by atoms with Gasteiger partial charge in [-0.15, -0.1) is 0 Å². The lowest BCUT2D eigenvalue weighted by molar-refractivity contribution is -0.131. The molecule has 0 saturated heterocycles. The Morgan fingerprint density at radius 2 is 1.50 bits per heavy atom. The van der Waals surface area contributed by atoms with Crippen LogP contribution in [0.4, 0.5) is 10.5 Å². The Kier molecular flexibility index (Phi) is 6.53. The fourth-order valence-corrected chi connectivity index (χ4v) is 3.26. The highest BCUT2D eigenvalue weighted by Crippen LogP contribution is 2.25. The fraction of sp³-hybridized carbons (Fsp3) is 0.364. The number of aryl methyl sites for hydroxylation is 1. The lowest BCUT2D eigenvalue weighted by atomic mass is 9.93. The van der Waals surface area contributed by atoms with Crippen molar-refractivity contribution >= 4 is 17.7 Å². The summed E-state index contributed by atoms with van der Waals surface area (Å²) >= 11 is 0. The van der Waals surface area contributed by atoms with Crippen molar-refractivity contribution in [3.8, 4) is 11.5 Å². The fourth-order valence-electron chi connectivity index (χ4n) is 3.26. The summed E-state index contributed by atoms with van der Waals surface area (Å²) in [7, 11) is 0. The largest absolute Gasteiger partial charge is 0.490 e. The number of benzene rings is 2. The highest BCUT2D eigenvalue weighted by molar-refractivity contribution is 5.89. The number of amides is 2. The van der Waals surface area contributed by atoms with E-state index < -0.39 is 0 Å². The maximum atomic E-state index is 12.2. The molecule has 1 aliphatic carbocycles. The van der Waals surface area contributed by atoms with Crippen molar-refractivity contribution in [2.75, 3.05) is 5.32 Å². The van der Waals surface area contributed by atoms with Gasteiger partial charge >= 0.3 is 12.0 Å². The van der Waals surface area contributed by atoms with Gasteiger partial charge in [-0.3, -0.25) is 4.79 Å². The molecule has 6 nitrogen and oxygen atoms in total. The van der Waals surface area contributed by atoms with Crippen molar-refractivity contribution in [3.05, 3.63) is 54.1 Å². The first-order valence-electron chi connectivity index (χ1n) is 9.57. The molecule has 0 aliphatic heterocycles. The predicted molar refractivity (Wildman–Crippen MR) is 108 cm³/mol. The second-order valence-electron chi connectivity index (χ2n) is 7.12. The van der Waals surface area contributed by atoms with Crippen molar-refractivity contribution in [2.45, 2.75) is 51.7 Å². The molecule has 148 valence electrons. The van der Waals surface area contributed by atoms with Crippen molar-refractivity contribution in [1.82, 2.24) is 5.32 Å². The molecule has 0 radical (unpaired) electrons. The van der Waals surface area contributed by atoms with E-state index in [2.05, 4.69) is 10.6 Å². The number of ether oxygens (including phenoxy) is 2. The maximum Gasteiger partial charge on any atom is 0.319 e. The van der Waals surface area contributed by atoms with Crippen molar-refractivity contribution < 1.29 is 19.1 Å². The molecule has 0 spiro atoms. The van der Waals surface area contributed by atoms with E-state index in [1.165, 1.54) is 6.92 Å².